The Balaban J connectivity index is 2.19. The molecule has 0 aromatic heterocycles. The van der Waals surface area contributed by atoms with Crippen LogP contribution in [0.4, 0.5) is 5.69 Å². The van der Waals surface area contributed by atoms with E-state index in [0.717, 1.165) is 31.4 Å². The zero-order valence-corrected chi connectivity index (χ0v) is 10.4. The molecule has 0 spiro atoms. The molecule has 0 aliphatic heterocycles. The van der Waals surface area contributed by atoms with E-state index in [1.54, 1.807) is 12.1 Å². The molecule has 0 radical (unpaired) electrons. The maximum Gasteiger partial charge on any atom is 0.331 e. The maximum atomic E-state index is 11.9. The minimum Gasteiger partial charge on any atom is -0.467 e. The Hall–Kier alpha value is -2.02. The van der Waals surface area contributed by atoms with Gasteiger partial charge >= 0.3 is 5.97 Å². The molecule has 2 rings (SSSR count). The lowest BCUT2D eigenvalue weighted by molar-refractivity contribution is -0.145. The second-order valence-corrected chi connectivity index (χ2v) is 4.59. The van der Waals surface area contributed by atoms with E-state index in [4.69, 9.17) is 10.00 Å². The molecule has 4 nitrogen and oxygen atoms in total. The molecule has 18 heavy (non-hydrogen) atoms. The second kappa shape index (κ2) is 5.09. The van der Waals surface area contributed by atoms with Crippen molar-refractivity contribution in [3.8, 4) is 6.07 Å². The number of nitrogens with zero attached hydrogens (tertiary/aromatic N) is 1. The number of nitrogens with one attached hydrogen (secondary N) is 1. The molecular formula is C14H16N2O2. The fraction of sp³-hybridized carbons (Fsp3) is 0.429. The molecule has 1 aliphatic rings. The van der Waals surface area contributed by atoms with Gasteiger partial charge in [0.25, 0.3) is 0 Å². The molecule has 94 valence electrons. The number of hydrogen-bond donors (Lipinski definition) is 1. The zero-order valence-electron chi connectivity index (χ0n) is 10.4. The summed E-state index contributed by atoms with van der Waals surface area (Å²) in [6, 6.07) is 9.19. The van der Waals surface area contributed by atoms with Crippen molar-refractivity contribution in [2.45, 2.75) is 31.2 Å². The minimum absolute atomic E-state index is 0.204. The first kappa shape index (κ1) is 12.4. The van der Waals surface area contributed by atoms with Crippen molar-refractivity contribution < 1.29 is 9.53 Å². The number of esters is 1. The van der Waals surface area contributed by atoms with Gasteiger partial charge in [-0.05, 0) is 37.1 Å². The van der Waals surface area contributed by atoms with Crippen LogP contribution >= 0.6 is 0 Å². The Morgan fingerprint density at radius 1 is 1.33 bits per heavy atom. The lowest BCUT2D eigenvalue weighted by Gasteiger charge is -2.28. The highest BCUT2D eigenvalue weighted by Gasteiger charge is 2.42. The Labute approximate surface area is 107 Å². The number of rotatable bonds is 3. The van der Waals surface area contributed by atoms with Crippen LogP contribution in [0.25, 0.3) is 0 Å². The molecule has 1 fully saturated rings. The fourth-order valence-electron chi connectivity index (χ4n) is 2.46. The average molecular weight is 244 g/mol. The minimum atomic E-state index is -0.594. The summed E-state index contributed by atoms with van der Waals surface area (Å²) in [5, 5.41) is 12.0. The van der Waals surface area contributed by atoms with Gasteiger partial charge in [0, 0.05) is 5.69 Å². The van der Waals surface area contributed by atoms with Crippen molar-refractivity contribution in [3.63, 3.8) is 0 Å². The summed E-state index contributed by atoms with van der Waals surface area (Å²) in [6.45, 7) is 0. The van der Waals surface area contributed by atoms with Gasteiger partial charge in [0.05, 0.1) is 18.7 Å². The van der Waals surface area contributed by atoms with Crippen molar-refractivity contribution in [1.29, 1.82) is 5.26 Å². The van der Waals surface area contributed by atoms with Crippen molar-refractivity contribution in [2.75, 3.05) is 12.4 Å². The molecule has 4 heteroatoms. The maximum absolute atomic E-state index is 11.9. The smallest absolute Gasteiger partial charge is 0.331 e. The highest BCUT2D eigenvalue weighted by molar-refractivity contribution is 5.85. The van der Waals surface area contributed by atoms with E-state index in [0.29, 0.717) is 5.56 Å². The predicted molar refractivity (Wildman–Crippen MR) is 68.0 cm³/mol. The number of nitriles is 1. The van der Waals surface area contributed by atoms with Crippen LogP contribution in [0.3, 0.4) is 0 Å². The molecule has 1 aromatic rings. The van der Waals surface area contributed by atoms with Gasteiger partial charge in [0.2, 0.25) is 0 Å². The van der Waals surface area contributed by atoms with E-state index < -0.39 is 5.54 Å². The summed E-state index contributed by atoms with van der Waals surface area (Å²) in [6.07, 6.45) is 3.64. The standard InChI is InChI=1S/C14H16N2O2/c1-18-13(17)14(8-2-3-9-14)16-12-6-4-11(10-15)5-7-12/h4-7,16H,2-3,8-9H2,1H3. The molecule has 0 bridgehead atoms. The number of anilines is 1. The predicted octanol–water partition coefficient (Wildman–Crippen LogP) is 2.46. The summed E-state index contributed by atoms with van der Waals surface area (Å²) in [5.74, 6) is -0.204. The van der Waals surface area contributed by atoms with Gasteiger partial charge < -0.3 is 10.1 Å². The molecule has 1 saturated carbocycles. The van der Waals surface area contributed by atoms with E-state index in [-0.39, 0.29) is 5.97 Å². The second-order valence-electron chi connectivity index (χ2n) is 4.59. The topological polar surface area (TPSA) is 62.1 Å². The monoisotopic (exact) mass is 244 g/mol. The number of carbonyl (C=O) groups excluding carboxylic acids is 1. The summed E-state index contributed by atoms with van der Waals surface area (Å²) < 4.78 is 4.90. The van der Waals surface area contributed by atoms with Crippen LogP contribution in [0, 0.1) is 11.3 Å². The average Bonchev–Trinajstić information content (AvgIpc) is 2.88. The van der Waals surface area contributed by atoms with Gasteiger partial charge in [-0.1, -0.05) is 12.8 Å². The SMILES string of the molecule is COC(=O)C1(Nc2ccc(C#N)cc2)CCCC1. The van der Waals surface area contributed by atoms with E-state index in [9.17, 15) is 4.79 Å². The first-order valence-electron chi connectivity index (χ1n) is 6.07. The van der Waals surface area contributed by atoms with Gasteiger partial charge in [0.15, 0.2) is 0 Å². The lowest BCUT2D eigenvalue weighted by atomic mass is 9.97. The van der Waals surface area contributed by atoms with Crippen molar-refractivity contribution in [1.82, 2.24) is 0 Å². The number of methoxy groups -OCH3 is 1. The third kappa shape index (κ3) is 2.30. The van der Waals surface area contributed by atoms with Crippen LogP contribution in [-0.4, -0.2) is 18.6 Å². The van der Waals surface area contributed by atoms with Crippen LogP contribution in [0.1, 0.15) is 31.2 Å². The van der Waals surface area contributed by atoms with Gasteiger partial charge in [-0.15, -0.1) is 0 Å². The van der Waals surface area contributed by atoms with Gasteiger partial charge in [-0.3, -0.25) is 0 Å². The van der Waals surface area contributed by atoms with Gasteiger partial charge in [0.1, 0.15) is 5.54 Å². The first-order valence-corrected chi connectivity index (χ1v) is 6.07. The number of carbonyl (C=O) groups is 1. The molecule has 0 heterocycles. The Morgan fingerprint density at radius 2 is 1.94 bits per heavy atom. The first-order chi connectivity index (χ1) is 8.70. The van der Waals surface area contributed by atoms with Crippen molar-refractivity contribution in [2.24, 2.45) is 0 Å². The number of ether oxygens (including phenoxy) is 1. The molecule has 0 atom stereocenters. The van der Waals surface area contributed by atoms with Crippen LogP contribution in [-0.2, 0) is 9.53 Å². The zero-order chi connectivity index (χ0) is 13.0. The summed E-state index contributed by atoms with van der Waals surface area (Å²) >= 11 is 0. The van der Waals surface area contributed by atoms with Gasteiger partial charge in [-0.25, -0.2) is 4.79 Å². The van der Waals surface area contributed by atoms with Crippen molar-refractivity contribution in [3.05, 3.63) is 29.8 Å². The highest BCUT2D eigenvalue weighted by Crippen LogP contribution is 2.34. The van der Waals surface area contributed by atoms with Crippen molar-refractivity contribution >= 4 is 11.7 Å². The van der Waals surface area contributed by atoms with Gasteiger partial charge in [-0.2, -0.15) is 5.26 Å². The van der Waals surface area contributed by atoms with Crippen LogP contribution in [0.5, 0.6) is 0 Å². The van der Waals surface area contributed by atoms with Crippen LogP contribution < -0.4 is 5.32 Å². The normalized spacial score (nSPS) is 16.9. The van der Waals surface area contributed by atoms with Crippen LogP contribution in [0.15, 0.2) is 24.3 Å². The fourth-order valence-corrected chi connectivity index (χ4v) is 2.46. The molecule has 1 N–H and O–H groups in total. The van der Waals surface area contributed by atoms with Crippen LogP contribution in [0.2, 0.25) is 0 Å². The Bertz CT molecular complexity index is 468. The molecule has 0 saturated heterocycles. The van der Waals surface area contributed by atoms with E-state index >= 15 is 0 Å². The number of hydrogen-bond acceptors (Lipinski definition) is 4. The van der Waals surface area contributed by atoms with E-state index in [1.807, 2.05) is 12.1 Å². The molecule has 1 aliphatic carbocycles. The molecular weight excluding hydrogens is 228 g/mol. The van der Waals surface area contributed by atoms with E-state index in [1.165, 1.54) is 7.11 Å². The molecule has 0 unspecified atom stereocenters. The summed E-state index contributed by atoms with van der Waals surface area (Å²) in [5.41, 5.74) is 0.864. The summed E-state index contributed by atoms with van der Waals surface area (Å²) in [4.78, 5) is 11.9. The summed E-state index contributed by atoms with van der Waals surface area (Å²) in [7, 11) is 1.42. The lowest BCUT2D eigenvalue weighted by Crippen LogP contribution is -2.44. The highest BCUT2D eigenvalue weighted by atomic mass is 16.5. The van der Waals surface area contributed by atoms with E-state index in [2.05, 4.69) is 11.4 Å². The third-order valence-electron chi connectivity index (χ3n) is 3.43. The quantitative estimate of drug-likeness (QED) is 0.830. The molecule has 0 amide bonds. The molecule has 1 aromatic carbocycles. The third-order valence-corrected chi connectivity index (χ3v) is 3.43. The Morgan fingerprint density at radius 3 is 2.44 bits per heavy atom. The number of benzene rings is 1. The largest absolute Gasteiger partial charge is 0.467 e. The Kier molecular flexibility index (Phi) is 3.52.